The fourth-order valence-corrected chi connectivity index (χ4v) is 4.94. The van der Waals surface area contributed by atoms with Gasteiger partial charge >= 0.3 is 0 Å². The van der Waals surface area contributed by atoms with Gasteiger partial charge in [0.15, 0.2) is 0 Å². The minimum absolute atomic E-state index is 0.0227. The van der Waals surface area contributed by atoms with Crippen molar-refractivity contribution in [1.82, 2.24) is 14.7 Å². The number of piperidine rings is 1. The second kappa shape index (κ2) is 11.2. The lowest BCUT2D eigenvalue weighted by molar-refractivity contribution is -0.138. The van der Waals surface area contributed by atoms with Crippen LogP contribution in [0.3, 0.4) is 0 Å². The van der Waals surface area contributed by atoms with Crippen LogP contribution in [-0.4, -0.2) is 78.6 Å². The lowest BCUT2D eigenvalue weighted by Gasteiger charge is -2.37. The summed E-state index contributed by atoms with van der Waals surface area (Å²) in [6.07, 6.45) is 1.35. The Kier molecular flexibility index (Phi) is 8.05. The normalized spacial score (nSPS) is 17.8. The zero-order valence-electron chi connectivity index (χ0n) is 19.3. The van der Waals surface area contributed by atoms with E-state index in [1.165, 1.54) is 0 Å². The van der Waals surface area contributed by atoms with Crippen LogP contribution in [0.2, 0.25) is 0 Å². The first-order valence-corrected chi connectivity index (χ1v) is 12.5. The molecule has 0 aliphatic carbocycles. The predicted octanol–water partition coefficient (Wildman–Crippen LogP) is 4.37. The summed E-state index contributed by atoms with van der Waals surface area (Å²) in [6.45, 7) is 4.46. The predicted molar refractivity (Wildman–Crippen MR) is 131 cm³/mol. The summed E-state index contributed by atoms with van der Waals surface area (Å²) in [5.41, 5.74) is 1.94. The Balaban J connectivity index is 1.36. The number of carbonyl (C=O) groups is 2. The molecule has 2 amide bonds. The fraction of sp³-hybridized carbons (Fsp3) is 0.440. The van der Waals surface area contributed by atoms with Crippen molar-refractivity contribution < 1.29 is 18.4 Å². The topological polar surface area (TPSA) is 55.9 Å². The van der Waals surface area contributed by atoms with Gasteiger partial charge in [0.2, 0.25) is 5.91 Å². The van der Waals surface area contributed by atoms with E-state index in [4.69, 9.17) is 0 Å². The van der Waals surface area contributed by atoms with Crippen molar-refractivity contribution in [3.63, 3.8) is 0 Å². The number of alkyl halides is 2. The number of halogens is 2. The second-order valence-corrected chi connectivity index (χ2v) is 9.83. The third kappa shape index (κ3) is 6.07. The third-order valence-corrected chi connectivity index (χ3v) is 7.18. The first kappa shape index (κ1) is 24.5. The van der Waals surface area contributed by atoms with Crippen LogP contribution in [-0.2, 0) is 4.79 Å². The van der Waals surface area contributed by atoms with Gasteiger partial charge in [-0.3, -0.25) is 9.59 Å². The Morgan fingerprint density at radius 3 is 2.21 bits per heavy atom. The standard InChI is InChI=1S/C25H30F2N4O2S/c1-29-14-16-31(17-15-29)23(32)18-10-12-30(13-11-18)24(33)21-4-2-3-5-22(21)28-19-6-8-20(9-7-19)34-25(26)27/h2-9,18,25,28H,10-17H2,1H3. The first-order chi connectivity index (χ1) is 16.4. The molecule has 6 nitrogen and oxygen atoms in total. The summed E-state index contributed by atoms with van der Waals surface area (Å²) < 4.78 is 25.1. The van der Waals surface area contributed by atoms with E-state index in [0.29, 0.717) is 53.8 Å². The summed E-state index contributed by atoms with van der Waals surface area (Å²) >= 11 is 0.500. The highest BCUT2D eigenvalue weighted by Gasteiger charge is 2.32. The fourth-order valence-electron chi connectivity index (χ4n) is 4.44. The molecule has 0 unspecified atom stereocenters. The van der Waals surface area contributed by atoms with Gasteiger partial charge in [-0.15, -0.1) is 0 Å². The Morgan fingerprint density at radius 1 is 0.912 bits per heavy atom. The molecule has 0 saturated carbocycles. The van der Waals surface area contributed by atoms with Gasteiger partial charge in [-0.05, 0) is 56.3 Å². The van der Waals surface area contributed by atoms with E-state index in [9.17, 15) is 18.4 Å². The average Bonchev–Trinajstić information content (AvgIpc) is 2.85. The molecule has 2 heterocycles. The molecule has 2 fully saturated rings. The van der Waals surface area contributed by atoms with Crippen LogP contribution in [0.1, 0.15) is 23.2 Å². The van der Waals surface area contributed by atoms with Crippen molar-refractivity contribution in [1.29, 1.82) is 0 Å². The molecule has 9 heteroatoms. The zero-order valence-corrected chi connectivity index (χ0v) is 20.1. The maximum atomic E-state index is 13.3. The van der Waals surface area contributed by atoms with E-state index in [2.05, 4.69) is 17.3 Å². The molecule has 2 saturated heterocycles. The third-order valence-electron chi connectivity index (χ3n) is 6.46. The number of nitrogens with one attached hydrogen (secondary N) is 1. The van der Waals surface area contributed by atoms with Gasteiger partial charge in [0.1, 0.15) is 0 Å². The molecule has 34 heavy (non-hydrogen) atoms. The lowest BCUT2D eigenvalue weighted by Crippen LogP contribution is -2.51. The number of hydrogen-bond donors (Lipinski definition) is 1. The number of thioether (sulfide) groups is 1. The van der Waals surface area contributed by atoms with E-state index in [0.717, 1.165) is 31.9 Å². The molecular weight excluding hydrogens is 458 g/mol. The summed E-state index contributed by atoms with van der Waals surface area (Å²) in [6, 6.07) is 14.0. The van der Waals surface area contributed by atoms with Crippen LogP contribution < -0.4 is 5.32 Å². The monoisotopic (exact) mass is 488 g/mol. The summed E-state index contributed by atoms with van der Waals surface area (Å²) in [7, 11) is 2.07. The second-order valence-electron chi connectivity index (χ2n) is 8.77. The van der Waals surface area contributed by atoms with E-state index in [-0.39, 0.29) is 17.7 Å². The zero-order chi connectivity index (χ0) is 24.1. The lowest BCUT2D eigenvalue weighted by atomic mass is 9.94. The number of anilines is 2. The first-order valence-electron chi connectivity index (χ1n) is 11.6. The number of hydrogen-bond acceptors (Lipinski definition) is 5. The van der Waals surface area contributed by atoms with Crippen molar-refractivity contribution in [2.45, 2.75) is 23.5 Å². The minimum atomic E-state index is -2.46. The van der Waals surface area contributed by atoms with Gasteiger partial charge in [-0.25, -0.2) is 0 Å². The molecule has 0 bridgehead atoms. The number of benzene rings is 2. The SMILES string of the molecule is CN1CCN(C(=O)C2CCN(C(=O)c3ccccc3Nc3ccc(SC(F)F)cc3)CC2)CC1. The number of carbonyl (C=O) groups excluding carboxylic acids is 2. The van der Waals surface area contributed by atoms with E-state index in [1.807, 2.05) is 28.0 Å². The van der Waals surface area contributed by atoms with Gasteiger partial charge in [0.05, 0.1) is 11.3 Å². The highest BCUT2D eigenvalue weighted by Crippen LogP contribution is 2.29. The number of likely N-dealkylation sites (N-methyl/N-ethyl adjacent to an activating group) is 1. The summed E-state index contributed by atoms with van der Waals surface area (Å²) in [5.74, 6) is -2.34. The molecule has 182 valence electrons. The van der Waals surface area contributed by atoms with Crippen LogP contribution in [0, 0.1) is 5.92 Å². The largest absolute Gasteiger partial charge is 0.355 e. The summed E-state index contributed by atoms with van der Waals surface area (Å²) in [4.78, 5) is 32.7. The van der Waals surface area contributed by atoms with Crippen molar-refractivity contribution in [2.24, 2.45) is 5.92 Å². The molecule has 0 atom stereocenters. The number of nitrogens with zero attached hydrogens (tertiary/aromatic N) is 3. The maximum Gasteiger partial charge on any atom is 0.288 e. The summed E-state index contributed by atoms with van der Waals surface area (Å²) in [5, 5.41) is 3.24. The maximum absolute atomic E-state index is 13.3. The van der Waals surface area contributed by atoms with Crippen LogP contribution in [0.5, 0.6) is 0 Å². The smallest absolute Gasteiger partial charge is 0.288 e. The average molecular weight is 489 g/mol. The molecule has 0 radical (unpaired) electrons. The molecule has 4 rings (SSSR count). The molecular formula is C25H30F2N4O2S. The van der Waals surface area contributed by atoms with Crippen molar-refractivity contribution in [3.05, 3.63) is 54.1 Å². The quantitative estimate of drug-likeness (QED) is 0.612. The number of para-hydroxylation sites is 1. The van der Waals surface area contributed by atoms with Gasteiger partial charge in [-0.2, -0.15) is 8.78 Å². The van der Waals surface area contributed by atoms with Gasteiger partial charge in [0.25, 0.3) is 11.7 Å². The molecule has 0 aromatic heterocycles. The van der Waals surface area contributed by atoms with Crippen molar-refractivity contribution >= 4 is 35.0 Å². The Bertz CT molecular complexity index is 989. The highest BCUT2D eigenvalue weighted by atomic mass is 32.2. The minimum Gasteiger partial charge on any atom is -0.355 e. The van der Waals surface area contributed by atoms with Crippen LogP contribution in [0.25, 0.3) is 0 Å². The van der Waals surface area contributed by atoms with E-state index in [1.54, 1.807) is 30.3 Å². The number of piperazine rings is 1. The van der Waals surface area contributed by atoms with Gasteiger partial charge in [-0.1, -0.05) is 23.9 Å². The molecule has 2 aliphatic rings. The van der Waals surface area contributed by atoms with Gasteiger partial charge < -0.3 is 20.0 Å². The van der Waals surface area contributed by atoms with Crippen LogP contribution >= 0.6 is 11.8 Å². The Hall–Kier alpha value is -2.65. The molecule has 1 N–H and O–H groups in total. The molecule has 0 spiro atoms. The Labute approximate surface area is 203 Å². The molecule has 2 aliphatic heterocycles. The Morgan fingerprint density at radius 2 is 1.56 bits per heavy atom. The van der Waals surface area contributed by atoms with Crippen LogP contribution in [0.4, 0.5) is 20.2 Å². The van der Waals surface area contributed by atoms with E-state index >= 15 is 0 Å². The van der Waals surface area contributed by atoms with Gasteiger partial charge in [0, 0.05) is 55.8 Å². The van der Waals surface area contributed by atoms with Crippen molar-refractivity contribution in [2.75, 3.05) is 51.6 Å². The molecule has 2 aromatic rings. The van der Waals surface area contributed by atoms with Crippen LogP contribution in [0.15, 0.2) is 53.4 Å². The van der Waals surface area contributed by atoms with E-state index < -0.39 is 5.76 Å². The van der Waals surface area contributed by atoms with Crippen molar-refractivity contribution in [3.8, 4) is 0 Å². The number of rotatable bonds is 6. The molecule has 2 aromatic carbocycles. The highest BCUT2D eigenvalue weighted by molar-refractivity contribution is 7.99. The number of likely N-dealkylation sites (tertiary alicyclic amines) is 1. The number of amides is 2.